The summed E-state index contributed by atoms with van der Waals surface area (Å²) >= 11 is 0. The second kappa shape index (κ2) is 8.14. The van der Waals surface area contributed by atoms with Gasteiger partial charge in [-0.15, -0.1) is 0 Å². The molecule has 0 saturated heterocycles. The third-order valence-electron chi connectivity index (χ3n) is 4.76. The summed E-state index contributed by atoms with van der Waals surface area (Å²) in [6.45, 7) is 2.60. The van der Waals surface area contributed by atoms with Crippen molar-refractivity contribution in [3.63, 3.8) is 0 Å². The first kappa shape index (κ1) is 18.8. The lowest BCUT2D eigenvalue weighted by atomic mass is 10.0. The topological polar surface area (TPSA) is 68.0 Å². The Morgan fingerprint density at radius 2 is 1.93 bits per heavy atom. The van der Waals surface area contributed by atoms with Gasteiger partial charge in [0, 0.05) is 23.7 Å². The van der Waals surface area contributed by atoms with Crippen LogP contribution in [0.3, 0.4) is 0 Å². The molecule has 1 unspecified atom stereocenters. The van der Waals surface area contributed by atoms with Gasteiger partial charge >= 0.3 is 0 Å². The predicted octanol–water partition coefficient (Wildman–Crippen LogP) is 4.26. The Kier molecular flexibility index (Phi) is 5.66. The van der Waals surface area contributed by atoms with E-state index in [1.807, 2.05) is 50.4 Å². The third-order valence-corrected chi connectivity index (χ3v) is 4.76. The largest absolute Gasteiger partial charge is 0.508 e. The predicted molar refractivity (Wildman–Crippen MR) is 103 cm³/mol. The molecule has 0 aliphatic carbocycles. The number of aromatic hydroxyl groups is 1. The maximum Gasteiger partial charge on any atom is 0.126 e. The van der Waals surface area contributed by atoms with Crippen LogP contribution in [0.1, 0.15) is 24.2 Å². The monoisotopic (exact) mass is 368 g/mol. The molecule has 3 aromatic rings. The zero-order chi connectivity index (χ0) is 19.4. The average Bonchev–Trinajstić information content (AvgIpc) is 3.23. The first-order chi connectivity index (χ1) is 13.0. The summed E-state index contributed by atoms with van der Waals surface area (Å²) in [7, 11) is 5.26. The van der Waals surface area contributed by atoms with Crippen LogP contribution in [0, 0.1) is 0 Å². The Morgan fingerprint density at radius 3 is 2.59 bits per heavy atom. The van der Waals surface area contributed by atoms with Crippen LogP contribution in [-0.2, 0) is 6.54 Å². The molecule has 6 heteroatoms. The van der Waals surface area contributed by atoms with Gasteiger partial charge in [0.25, 0.3) is 0 Å². The maximum atomic E-state index is 10.4. The second-order valence-electron chi connectivity index (χ2n) is 6.43. The Labute approximate surface area is 158 Å². The van der Waals surface area contributed by atoms with Crippen LogP contribution < -0.4 is 9.47 Å². The van der Waals surface area contributed by atoms with Crippen LogP contribution in [0.5, 0.6) is 17.2 Å². The molecule has 0 aliphatic heterocycles. The zero-order valence-electron chi connectivity index (χ0n) is 16.0. The molecule has 0 aliphatic rings. The highest BCUT2D eigenvalue weighted by Gasteiger charge is 2.17. The Bertz CT molecular complexity index is 893. The lowest BCUT2D eigenvalue weighted by Crippen LogP contribution is -2.22. The molecule has 1 atom stereocenters. The quantitative estimate of drug-likeness (QED) is 0.672. The SMILES string of the molecule is COc1ccc(OC)c(-c2ccc(O)c(CN(C)C(C)c3ccon3)c2)c1. The van der Waals surface area contributed by atoms with Gasteiger partial charge in [0.15, 0.2) is 0 Å². The van der Waals surface area contributed by atoms with Crippen molar-refractivity contribution in [3.05, 3.63) is 60.0 Å². The van der Waals surface area contributed by atoms with Gasteiger partial charge in [-0.25, -0.2) is 0 Å². The molecule has 2 aromatic carbocycles. The van der Waals surface area contributed by atoms with E-state index in [-0.39, 0.29) is 11.8 Å². The molecule has 1 heterocycles. The van der Waals surface area contributed by atoms with Crippen molar-refractivity contribution in [3.8, 4) is 28.4 Å². The van der Waals surface area contributed by atoms with Crippen molar-refractivity contribution in [1.29, 1.82) is 0 Å². The molecular weight excluding hydrogens is 344 g/mol. The Balaban J connectivity index is 1.91. The van der Waals surface area contributed by atoms with Gasteiger partial charge in [0.1, 0.15) is 29.2 Å². The number of rotatable bonds is 7. The van der Waals surface area contributed by atoms with Crippen molar-refractivity contribution in [2.75, 3.05) is 21.3 Å². The molecule has 1 aromatic heterocycles. The summed E-state index contributed by atoms with van der Waals surface area (Å²) in [4.78, 5) is 2.10. The summed E-state index contributed by atoms with van der Waals surface area (Å²) in [5.74, 6) is 1.74. The first-order valence-corrected chi connectivity index (χ1v) is 8.68. The standard InChI is InChI=1S/C21H24N2O4/c1-14(19-9-10-27-22-19)23(2)13-16-11-15(5-7-20(16)24)18-12-17(25-3)6-8-21(18)26-4/h5-12,14,24H,13H2,1-4H3. The minimum atomic E-state index is 0.0539. The van der Waals surface area contributed by atoms with Gasteiger partial charge in [-0.2, -0.15) is 0 Å². The van der Waals surface area contributed by atoms with Crippen LogP contribution in [0.25, 0.3) is 11.1 Å². The number of ether oxygens (including phenoxy) is 2. The maximum absolute atomic E-state index is 10.4. The average molecular weight is 368 g/mol. The van der Waals surface area contributed by atoms with Crippen molar-refractivity contribution in [2.24, 2.45) is 0 Å². The number of aromatic nitrogens is 1. The number of phenols is 1. The molecule has 3 rings (SSSR count). The van der Waals surface area contributed by atoms with E-state index in [9.17, 15) is 5.11 Å². The van der Waals surface area contributed by atoms with E-state index in [1.54, 1.807) is 26.5 Å². The van der Waals surface area contributed by atoms with Crippen molar-refractivity contribution in [1.82, 2.24) is 10.1 Å². The Hall–Kier alpha value is -2.99. The highest BCUT2D eigenvalue weighted by molar-refractivity contribution is 5.73. The van der Waals surface area contributed by atoms with Crippen molar-refractivity contribution >= 4 is 0 Å². The minimum Gasteiger partial charge on any atom is -0.508 e. The number of phenolic OH excluding ortho intramolecular Hbond substituents is 1. The Morgan fingerprint density at radius 1 is 1.11 bits per heavy atom. The molecular formula is C21H24N2O4. The van der Waals surface area contributed by atoms with Gasteiger partial charge in [-0.1, -0.05) is 11.2 Å². The fourth-order valence-electron chi connectivity index (χ4n) is 2.99. The zero-order valence-corrected chi connectivity index (χ0v) is 16.0. The molecule has 6 nitrogen and oxygen atoms in total. The van der Waals surface area contributed by atoms with E-state index < -0.39 is 0 Å². The molecule has 0 bridgehead atoms. The normalized spacial score (nSPS) is 12.2. The lowest BCUT2D eigenvalue weighted by molar-refractivity contribution is 0.238. The van der Waals surface area contributed by atoms with Crippen LogP contribution in [0.2, 0.25) is 0 Å². The second-order valence-corrected chi connectivity index (χ2v) is 6.43. The molecule has 0 spiro atoms. The van der Waals surface area contributed by atoms with E-state index in [4.69, 9.17) is 14.0 Å². The molecule has 0 saturated carbocycles. The van der Waals surface area contributed by atoms with Gasteiger partial charge < -0.3 is 19.1 Å². The number of methoxy groups -OCH3 is 2. The van der Waals surface area contributed by atoms with Gasteiger partial charge in [-0.05, 0) is 49.9 Å². The fraction of sp³-hybridized carbons (Fsp3) is 0.286. The van der Waals surface area contributed by atoms with E-state index in [1.165, 1.54) is 0 Å². The highest BCUT2D eigenvalue weighted by Crippen LogP contribution is 2.36. The summed E-state index contributed by atoms with van der Waals surface area (Å²) in [6.07, 6.45) is 1.56. The number of hydrogen-bond donors (Lipinski definition) is 1. The summed E-state index contributed by atoms with van der Waals surface area (Å²) in [5.41, 5.74) is 3.52. The number of nitrogens with zero attached hydrogens (tertiary/aromatic N) is 2. The van der Waals surface area contributed by atoms with E-state index in [2.05, 4.69) is 10.1 Å². The molecule has 0 amide bonds. The molecule has 142 valence electrons. The fourth-order valence-corrected chi connectivity index (χ4v) is 2.99. The van der Waals surface area contributed by atoms with E-state index >= 15 is 0 Å². The number of hydrogen-bond acceptors (Lipinski definition) is 6. The van der Waals surface area contributed by atoms with Crippen LogP contribution >= 0.6 is 0 Å². The summed E-state index contributed by atoms with van der Waals surface area (Å²) < 4.78 is 15.8. The van der Waals surface area contributed by atoms with Crippen LogP contribution in [-0.4, -0.2) is 36.4 Å². The van der Waals surface area contributed by atoms with Gasteiger partial charge in [0.05, 0.1) is 20.3 Å². The van der Waals surface area contributed by atoms with Crippen molar-refractivity contribution < 1.29 is 19.1 Å². The highest BCUT2D eigenvalue weighted by atomic mass is 16.5. The lowest BCUT2D eigenvalue weighted by Gasteiger charge is -2.23. The van der Waals surface area contributed by atoms with Crippen LogP contribution in [0.15, 0.2) is 53.3 Å². The molecule has 0 fully saturated rings. The summed E-state index contributed by atoms with van der Waals surface area (Å²) in [5, 5.41) is 14.4. The smallest absolute Gasteiger partial charge is 0.126 e. The third kappa shape index (κ3) is 4.06. The minimum absolute atomic E-state index is 0.0539. The van der Waals surface area contributed by atoms with E-state index in [0.29, 0.717) is 6.54 Å². The number of benzene rings is 2. The van der Waals surface area contributed by atoms with Gasteiger partial charge in [0.2, 0.25) is 0 Å². The van der Waals surface area contributed by atoms with Gasteiger partial charge in [-0.3, -0.25) is 4.90 Å². The molecule has 27 heavy (non-hydrogen) atoms. The molecule has 0 radical (unpaired) electrons. The van der Waals surface area contributed by atoms with Crippen LogP contribution in [0.4, 0.5) is 0 Å². The first-order valence-electron chi connectivity index (χ1n) is 8.68. The van der Waals surface area contributed by atoms with Crippen molar-refractivity contribution in [2.45, 2.75) is 19.5 Å². The molecule has 1 N–H and O–H groups in total. The van der Waals surface area contributed by atoms with E-state index in [0.717, 1.165) is 33.9 Å². The summed E-state index contributed by atoms with van der Waals surface area (Å²) in [6, 6.07) is 13.1.